The van der Waals surface area contributed by atoms with Crippen LogP contribution in [0, 0.1) is 11.7 Å². The molecule has 0 radical (unpaired) electrons. The van der Waals surface area contributed by atoms with Crippen LogP contribution in [-0.4, -0.2) is 58.1 Å². The molecule has 0 bridgehead atoms. The third kappa shape index (κ3) is 4.44. The Morgan fingerprint density at radius 2 is 2.13 bits per heavy atom. The Hall–Kier alpha value is -2.87. The summed E-state index contributed by atoms with van der Waals surface area (Å²) in [5.41, 5.74) is 3.14. The van der Waals surface area contributed by atoms with Crippen molar-refractivity contribution in [2.75, 3.05) is 26.8 Å². The van der Waals surface area contributed by atoms with Crippen molar-refractivity contribution in [3.05, 3.63) is 53.7 Å². The van der Waals surface area contributed by atoms with Crippen LogP contribution < -0.4 is 5.32 Å². The number of aromatic nitrogens is 3. The number of ether oxygens (including phenoxy) is 1. The molecule has 0 spiro atoms. The number of benzene rings is 1. The van der Waals surface area contributed by atoms with E-state index < -0.39 is 0 Å². The van der Waals surface area contributed by atoms with Crippen molar-refractivity contribution in [1.29, 1.82) is 0 Å². The van der Waals surface area contributed by atoms with Gasteiger partial charge in [0.15, 0.2) is 0 Å². The molecule has 0 aliphatic carbocycles. The highest BCUT2D eigenvalue weighted by atomic mass is 19.1. The second-order valence-corrected chi connectivity index (χ2v) is 8.66. The number of carbonyl (C=O) groups is 1. The van der Waals surface area contributed by atoms with Crippen LogP contribution in [0.15, 0.2) is 36.8 Å². The van der Waals surface area contributed by atoms with Crippen molar-refractivity contribution in [3.63, 3.8) is 0 Å². The van der Waals surface area contributed by atoms with Crippen molar-refractivity contribution in [2.24, 2.45) is 20.0 Å². The molecule has 1 saturated heterocycles. The maximum absolute atomic E-state index is 13.8. The van der Waals surface area contributed by atoms with E-state index in [0.717, 1.165) is 22.0 Å². The highest BCUT2D eigenvalue weighted by molar-refractivity contribution is 5.84. The normalized spacial score (nSPS) is 19.8. The Morgan fingerprint density at radius 3 is 2.84 bits per heavy atom. The average Bonchev–Trinajstić information content (AvgIpc) is 3.40. The van der Waals surface area contributed by atoms with Gasteiger partial charge in [-0.1, -0.05) is 0 Å². The molecule has 4 rings (SSSR count). The first-order chi connectivity index (χ1) is 14.9. The van der Waals surface area contributed by atoms with Gasteiger partial charge in [-0.3, -0.25) is 4.68 Å². The maximum Gasteiger partial charge on any atom is 0.317 e. The van der Waals surface area contributed by atoms with E-state index in [1.54, 1.807) is 23.9 Å². The van der Waals surface area contributed by atoms with Gasteiger partial charge >= 0.3 is 6.03 Å². The van der Waals surface area contributed by atoms with E-state index in [9.17, 15) is 9.18 Å². The van der Waals surface area contributed by atoms with Gasteiger partial charge in [0.1, 0.15) is 5.82 Å². The van der Waals surface area contributed by atoms with Gasteiger partial charge in [-0.15, -0.1) is 0 Å². The molecular formula is C23H30FN5O2. The number of hydrogen-bond donors (Lipinski definition) is 1. The Balaban J connectivity index is 1.42. The number of nitrogens with one attached hydrogen (secondary N) is 1. The molecule has 1 unspecified atom stereocenters. The summed E-state index contributed by atoms with van der Waals surface area (Å²) >= 11 is 0. The van der Waals surface area contributed by atoms with Crippen molar-refractivity contribution in [2.45, 2.75) is 25.3 Å². The van der Waals surface area contributed by atoms with Gasteiger partial charge in [-0.25, -0.2) is 9.18 Å². The lowest BCUT2D eigenvalue weighted by Crippen LogP contribution is -2.43. The van der Waals surface area contributed by atoms with Gasteiger partial charge in [-0.2, -0.15) is 5.10 Å². The van der Waals surface area contributed by atoms with Gasteiger partial charge in [0.2, 0.25) is 0 Å². The third-order valence-electron chi connectivity index (χ3n) is 6.19. The predicted octanol–water partition coefficient (Wildman–Crippen LogP) is 3.05. The Bertz CT molecular complexity index is 1080. The summed E-state index contributed by atoms with van der Waals surface area (Å²) in [6, 6.07) is 4.66. The number of aryl methyl sites for hydroxylation is 2. The summed E-state index contributed by atoms with van der Waals surface area (Å²) in [5, 5.41) is 8.29. The molecule has 1 aromatic carbocycles. The predicted molar refractivity (Wildman–Crippen MR) is 117 cm³/mol. The Kier molecular flexibility index (Phi) is 6.00. The zero-order valence-corrected chi connectivity index (χ0v) is 18.5. The van der Waals surface area contributed by atoms with Crippen LogP contribution in [0.4, 0.5) is 9.18 Å². The number of methoxy groups -OCH3 is 1. The summed E-state index contributed by atoms with van der Waals surface area (Å²) in [6.45, 7) is 3.86. The molecule has 2 amide bonds. The number of fused-ring (bicyclic) bond motifs is 1. The Labute approximate surface area is 181 Å². The van der Waals surface area contributed by atoms with E-state index in [1.807, 2.05) is 49.1 Å². The third-order valence-corrected chi connectivity index (χ3v) is 6.19. The molecule has 166 valence electrons. The number of carbonyl (C=O) groups excluding carboxylic acids is 1. The van der Waals surface area contributed by atoms with Gasteiger partial charge < -0.3 is 19.5 Å². The van der Waals surface area contributed by atoms with Crippen LogP contribution in [0.5, 0.6) is 0 Å². The molecule has 7 nitrogen and oxygen atoms in total. The van der Waals surface area contributed by atoms with Crippen LogP contribution in [0.2, 0.25) is 0 Å². The molecule has 3 atom stereocenters. The number of urea groups is 1. The van der Waals surface area contributed by atoms with Crippen LogP contribution in [0.3, 0.4) is 0 Å². The lowest BCUT2D eigenvalue weighted by atomic mass is 9.92. The van der Waals surface area contributed by atoms with Crippen molar-refractivity contribution in [3.8, 4) is 0 Å². The molecule has 1 N–H and O–H groups in total. The van der Waals surface area contributed by atoms with E-state index in [0.29, 0.717) is 26.1 Å². The quantitative estimate of drug-likeness (QED) is 0.658. The number of rotatable bonds is 6. The smallest absolute Gasteiger partial charge is 0.317 e. The fourth-order valence-corrected chi connectivity index (χ4v) is 4.72. The van der Waals surface area contributed by atoms with Gasteiger partial charge in [-0.05, 0) is 42.7 Å². The Morgan fingerprint density at radius 1 is 1.32 bits per heavy atom. The van der Waals surface area contributed by atoms with Gasteiger partial charge in [0.05, 0.1) is 12.8 Å². The van der Waals surface area contributed by atoms with Crippen molar-refractivity contribution >= 4 is 16.9 Å². The standard InChI is InChI=1S/C23H30FN5O2/c1-15(7-16-10-27(2)22-6-5-19(24)8-20(16)22)26-23(30)29-12-18(14-31-4)21(13-29)17-9-25-28(3)11-17/h5-6,8-11,15,18,21H,7,12-14H2,1-4H3,(H,26,30)/t15?,18-,21-/m0/s1. The largest absolute Gasteiger partial charge is 0.384 e. The fourth-order valence-electron chi connectivity index (χ4n) is 4.72. The first-order valence-corrected chi connectivity index (χ1v) is 10.6. The summed E-state index contributed by atoms with van der Waals surface area (Å²) in [4.78, 5) is 14.9. The van der Waals surface area contributed by atoms with E-state index in [4.69, 9.17) is 4.74 Å². The second-order valence-electron chi connectivity index (χ2n) is 8.66. The van der Waals surface area contributed by atoms with Crippen molar-refractivity contribution < 1.29 is 13.9 Å². The molecule has 3 aromatic rings. The van der Waals surface area contributed by atoms with E-state index in [2.05, 4.69) is 10.4 Å². The molecule has 0 saturated carbocycles. The highest BCUT2D eigenvalue weighted by Gasteiger charge is 2.37. The number of nitrogens with zero attached hydrogens (tertiary/aromatic N) is 4. The van der Waals surface area contributed by atoms with E-state index >= 15 is 0 Å². The topological polar surface area (TPSA) is 64.3 Å². The highest BCUT2D eigenvalue weighted by Crippen LogP contribution is 2.32. The number of halogens is 1. The zero-order chi connectivity index (χ0) is 22.1. The lowest BCUT2D eigenvalue weighted by molar-refractivity contribution is 0.148. The summed E-state index contributed by atoms with van der Waals surface area (Å²) in [7, 11) is 5.54. The SMILES string of the molecule is COC[C@@H]1CN(C(=O)NC(C)Cc2cn(C)c3ccc(F)cc23)C[C@H]1c1cnn(C)c1. The molecule has 31 heavy (non-hydrogen) atoms. The van der Waals surface area contributed by atoms with Crippen LogP contribution in [0.1, 0.15) is 24.0 Å². The molecule has 2 aromatic heterocycles. The zero-order valence-electron chi connectivity index (χ0n) is 18.5. The molecule has 1 aliphatic heterocycles. The lowest BCUT2D eigenvalue weighted by Gasteiger charge is -2.21. The molecule has 8 heteroatoms. The fraction of sp³-hybridized carbons (Fsp3) is 0.478. The molecule has 1 fully saturated rings. The summed E-state index contributed by atoms with van der Waals surface area (Å²) < 4.78 is 22.9. The minimum Gasteiger partial charge on any atom is -0.384 e. The minimum atomic E-state index is -0.251. The first kappa shape index (κ1) is 21.4. The molecule has 1 aliphatic rings. The number of likely N-dealkylation sites (tertiary alicyclic amines) is 1. The first-order valence-electron chi connectivity index (χ1n) is 10.6. The minimum absolute atomic E-state index is 0.0774. The summed E-state index contributed by atoms with van der Waals surface area (Å²) in [6.07, 6.45) is 6.53. The number of amides is 2. The second kappa shape index (κ2) is 8.70. The van der Waals surface area contributed by atoms with E-state index in [-0.39, 0.29) is 29.7 Å². The van der Waals surface area contributed by atoms with Crippen LogP contribution in [0.25, 0.3) is 10.9 Å². The van der Waals surface area contributed by atoms with Crippen molar-refractivity contribution in [1.82, 2.24) is 24.6 Å². The summed E-state index contributed by atoms with van der Waals surface area (Å²) in [5.74, 6) is 0.186. The molecular weight excluding hydrogens is 397 g/mol. The maximum atomic E-state index is 13.8. The molecule has 3 heterocycles. The van der Waals surface area contributed by atoms with Gasteiger partial charge in [0.25, 0.3) is 0 Å². The average molecular weight is 428 g/mol. The van der Waals surface area contributed by atoms with Crippen LogP contribution >= 0.6 is 0 Å². The monoisotopic (exact) mass is 427 g/mol. The van der Waals surface area contributed by atoms with E-state index in [1.165, 1.54) is 6.07 Å². The van der Waals surface area contributed by atoms with Crippen LogP contribution in [-0.2, 0) is 25.3 Å². The van der Waals surface area contributed by atoms with Gasteiger partial charge in [0, 0.05) is 75.5 Å². The number of hydrogen-bond acceptors (Lipinski definition) is 3.